The number of carbonyl (C=O) groups is 2. The van der Waals surface area contributed by atoms with E-state index in [2.05, 4.69) is 26.4 Å². The number of nitrogens with zero attached hydrogens (tertiary/aromatic N) is 2. The fourth-order valence-electron chi connectivity index (χ4n) is 5.52. The Morgan fingerprint density at radius 2 is 1.87 bits per heavy atom. The van der Waals surface area contributed by atoms with E-state index in [1.54, 1.807) is 4.90 Å². The summed E-state index contributed by atoms with van der Waals surface area (Å²) >= 11 is 3.74. The highest BCUT2D eigenvalue weighted by atomic mass is 79.9. The van der Waals surface area contributed by atoms with E-state index in [4.69, 9.17) is 18.7 Å². The molecule has 2 heterocycles. The van der Waals surface area contributed by atoms with Crippen LogP contribution in [-0.4, -0.2) is 71.7 Å². The summed E-state index contributed by atoms with van der Waals surface area (Å²) in [4.78, 5) is 26.2. The van der Waals surface area contributed by atoms with Gasteiger partial charge in [-0.15, -0.1) is 0 Å². The molecule has 0 saturated carbocycles. The van der Waals surface area contributed by atoms with E-state index >= 15 is 0 Å². The predicted molar refractivity (Wildman–Crippen MR) is 178 cm³/mol. The van der Waals surface area contributed by atoms with Crippen LogP contribution in [0.15, 0.2) is 57.5 Å². The first-order valence-electron chi connectivity index (χ1n) is 15.8. The summed E-state index contributed by atoms with van der Waals surface area (Å²) < 4.78 is 23.5. The molecule has 0 aliphatic carbocycles. The maximum Gasteiger partial charge on any atom is 0.410 e. The second-order valence-electron chi connectivity index (χ2n) is 12.9. The highest BCUT2D eigenvalue weighted by Gasteiger charge is 2.48. The lowest BCUT2D eigenvalue weighted by atomic mass is 9.74. The number of carbonyl (C=O) groups excluding carboxylic acids is 2. The SMILES string of the molecule is CC(=O)NCCc1ccccc1-c1onc([C@H]2CN(C(=O)OC(C)(C)C)CC[C@]2(O)c2ccc(COCCOC(C)C)cc2)c1Br. The zero-order chi connectivity index (χ0) is 33.5. The molecule has 1 saturated heterocycles. The van der Waals surface area contributed by atoms with E-state index in [-0.39, 0.29) is 25.0 Å². The Balaban J connectivity index is 1.63. The fourth-order valence-corrected chi connectivity index (χ4v) is 6.16. The zero-order valence-electron chi connectivity index (χ0n) is 27.6. The number of rotatable bonds is 12. The van der Waals surface area contributed by atoms with Crippen molar-refractivity contribution in [1.82, 2.24) is 15.4 Å². The molecule has 46 heavy (non-hydrogen) atoms. The molecular weight excluding hydrogens is 654 g/mol. The summed E-state index contributed by atoms with van der Waals surface area (Å²) in [6.45, 7) is 13.3. The van der Waals surface area contributed by atoms with Crippen molar-refractivity contribution in [1.29, 1.82) is 0 Å². The van der Waals surface area contributed by atoms with E-state index in [1.165, 1.54) is 6.92 Å². The molecule has 11 heteroatoms. The van der Waals surface area contributed by atoms with Gasteiger partial charge in [-0.2, -0.15) is 0 Å². The Morgan fingerprint density at radius 1 is 1.15 bits per heavy atom. The van der Waals surface area contributed by atoms with Gasteiger partial charge in [0.15, 0.2) is 5.76 Å². The van der Waals surface area contributed by atoms with Crippen LogP contribution in [0.4, 0.5) is 4.79 Å². The Hall–Kier alpha value is -3.25. The van der Waals surface area contributed by atoms with Crippen LogP contribution < -0.4 is 5.32 Å². The summed E-state index contributed by atoms with van der Waals surface area (Å²) in [7, 11) is 0. The minimum Gasteiger partial charge on any atom is -0.444 e. The predicted octanol–water partition coefficient (Wildman–Crippen LogP) is 6.34. The van der Waals surface area contributed by atoms with Crippen molar-refractivity contribution in [3.05, 3.63) is 75.4 Å². The highest BCUT2D eigenvalue weighted by Crippen LogP contribution is 2.47. The highest BCUT2D eigenvalue weighted by molar-refractivity contribution is 9.10. The third-order valence-electron chi connectivity index (χ3n) is 7.82. The molecule has 1 fully saturated rings. The standard InChI is InChI=1S/C35H46BrN3O7/c1-23(2)44-20-19-43-22-25-11-13-27(14-12-25)35(42)16-18-39(33(41)45-34(4,5)6)21-29(35)31-30(36)32(46-38-31)28-10-8-7-9-26(28)15-17-37-24(3)40/h7-14,23,29,42H,15-22H2,1-6H3,(H,37,40)/t29-,35+/m1/s1. The van der Waals surface area contributed by atoms with E-state index in [0.29, 0.717) is 60.8 Å². The first-order valence-corrected chi connectivity index (χ1v) is 16.5. The number of nitrogens with one attached hydrogen (secondary N) is 1. The molecule has 0 spiro atoms. The van der Waals surface area contributed by atoms with Gasteiger partial charge in [0.1, 0.15) is 16.9 Å². The van der Waals surface area contributed by atoms with Gasteiger partial charge in [0.25, 0.3) is 0 Å². The molecule has 1 aliphatic rings. The molecule has 10 nitrogen and oxygen atoms in total. The number of piperidine rings is 1. The number of halogens is 1. The maximum absolute atomic E-state index is 13.2. The summed E-state index contributed by atoms with van der Waals surface area (Å²) in [5.41, 5.74) is 1.96. The number of aliphatic hydroxyl groups is 1. The Labute approximate surface area is 279 Å². The maximum atomic E-state index is 13.2. The first-order chi connectivity index (χ1) is 21.8. The second kappa shape index (κ2) is 15.6. The molecule has 0 radical (unpaired) electrons. The smallest absolute Gasteiger partial charge is 0.410 e. The van der Waals surface area contributed by atoms with Crippen LogP contribution >= 0.6 is 15.9 Å². The van der Waals surface area contributed by atoms with Gasteiger partial charge in [-0.25, -0.2) is 4.79 Å². The molecule has 1 aromatic heterocycles. The molecule has 2 amide bonds. The quantitative estimate of drug-likeness (QED) is 0.210. The van der Waals surface area contributed by atoms with Crippen LogP contribution in [0.25, 0.3) is 11.3 Å². The summed E-state index contributed by atoms with van der Waals surface area (Å²) in [5.74, 6) is -0.217. The first kappa shape index (κ1) is 35.6. The Morgan fingerprint density at radius 3 is 2.54 bits per heavy atom. The fraction of sp³-hybridized carbons (Fsp3) is 0.514. The third kappa shape index (κ3) is 9.18. The van der Waals surface area contributed by atoms with Gasteiger partial charge in [-0.1, -0.05) is 53.7 Å². The molecule has 2 N–H and O–H groups in total. The largest absolute Gasteiger partial charge is 0.444 e. The molecule has 0 unspecified atom stereocenters. The average molecular weight is 701 g/mol. The number of likely N-dealkylation sites (tertiary alicyclic amines) is 1. The lowest BCUT2D eigenvalue weighted by molar-refractivity contribution is -0.118. The van der Waals surface area contributed by atoms with Crippen LogP contribution in [0.5, 0.6) is 0 Å². The summed E-state index contributed by atoms with van der Waals surface area (Å²) in [5, 5.41) is 19.8. The van der Waals surface area contributed by atoms with E-state index in [1.807, 2.05) is 83.1 Å². The van der Waals surface area contributed by atoms with E-state index in [9.17, 15) is 14.7 Å². The number of benzene rings is 2. The number of ether oxygens (including phenoxy) is 3. The van der Waals surface area contributed by atoms with Crippen LogP contribution in [0.2, 0.25) is 0 Å². The number of hydrogen-bond donors (Lipinski definition) is 2. The molecular formula is C35H46BrN3O7. The molecule has 2 atom stereocenters. The van der Waals surface area contributed by atoms with Gasteiger partial charge in [0, 0.05) is 32.1 Å². The number of aromatic nitrogens is 1. The molecule has 250 valence electrons. The van der Waals surface area contributed by atoms with Crippen LogP contribution in [0.3, 0.4) is 0 Å². The lowest BCUT2D eigenvalue weighted by Crippen LogP contribution is -2.51. The number of hydrogen-bond acceptors (Lipinski definition) is 8. The average Bonchev–Trinajstić information content (AvgIpc) is 3.37. The summed E-state index contributed by atoms with van der Waals surface area (Å²) in [6, 6.07) is 15.5. The van der Waals surface area contributed by atoms with Crippen molar-refractivity contribution >= 4 is 27.9 Å². The van der Waals surface area contributed by atoms with E-state index < -0.39 is 23.2 Å². The summed E-state index contributed by atoms with van der Waals surface area (Å²) in [6.07, 6.45) is 0.570. The minimum atomic E-state index is -1.36. The van der Waals surface area contributed by atoms with Crippen LogP contribution in [0.1, 0.15) is 76.3 Å². The van der Waals surface area contributed by atoms with Gasteiger partial charge < -0.3 is 34.1 Å². The van der Waals surface area contributed by atoms with Crippen molar-refractivity contribution in [2.75, 3.05) is 32.8 Å². The molecule has 0 bridgehead atoms. The van der Waals surface area contributed by atoms with Crippen LogP contribution in [0, 0.1) is 0 Å². The van der Waals surface area contributed by atoms with Gasteiger partial charge >= 0.3 is 6.09 Å². The van der Waals surface area contributed by atoms with Gasteiger partial charge in [0.2, 0.25) is 5.91 Å². The van der Waals surface area contributed by atoms with Crippen LogP contribution in [-0.2, 0) is 37.6 Å². The van der Waals surface area contributed by atoms with Gasteiger partial charge in [-0.05, 0) is 80.1 Å². The van der Waals surface area contributed by atoms with Crippen molar-refractivity contribution in [3.8, 4) is 11.3 Å². The lowest BCUT2D eigenvalue weighted by Gasteiger charge is -2.44. The normalized spacial score (nSPS) is 18.5. The van der Waals surface area contributed by atoms with Crippen molar-refractivity contribution in [3.63, 3.8) is 0 Å². The van der Waals surface area contributed by atoms with Crippen molar-refractivity contribution in [2.24, 2.45) is 0 Å². The van der Waals surface area contributed by atoms with Crippen molar-refractivity contribution in [2.45, 2.75) is 84.2 Å². The molecule has 3 aromatic rings. The molecule has 4 rings (SSSR count). The zero-order valence-corrected chi connectivity index (χ0v) is 29.2. The van der Waals surface area contributed by atoms with Gasteiger partial charge in [0.05, 0.1) is 36.3 Å². The van der Waals surface area contributed by atoms with E-state index in [0.717, 1.165) is 16.7 Å². The van der Waals surface area contributed by atoms with Gasteiger partial charge in [-0.3, -0.25) is 4.79 Å². The monoisotopic (exact) mass is 699 g/mol. The topological polar surface area (TPSA) is 123 Å². The Bertz CT molecular complexity index is 1470. The minimum absolute atomic E-state index is 0.0939. The van der Waals surface area contributed by atoms with Crippen molar-refractivity contribution < 1.29 is 33.4 Å². The molecule has 1 aliphatic heterocycles. The number of amides is 2. The molecule has 2 aromatic carbocycles. The Kier molecular flexibility index (Phi) is 12.0. The second-order valence-corrected chi connectivity index (χ2v) is 13.7. The third-order valence-corrected chi connectivity index (χ3v) is 8.58.